The second-order valence-electron chi connectivity index (χ2n) is 5.06. The van der Waals surface area contributed by atoms with Gasteiger partial charge in [-0.15, -0.1) is 0 Å². The quantitative estimate of drug-likeness (QED) is 0.548. The Balaban J connectivity index is 1.92. The van der Waals surface area contributed by atoms with E-state index in [1.54, 1.807) is 0 Å². The van der Waals surface area contributed by atoms with Crippen LogP contribution in [0.25, 0.3) is 0 Å². The maximum atomic E-state index is 12.2. The highest BCUT2D eigenvalue weighted by Crippen LogP contribution is 2.28. The molecule has 0 aliphatic rings. The van der Waals surface area contributed by atoms with Crippen LogP contribution in [0.1, 0.15) is 10.4 Å². The molecule has 2 aromatic rings. The van der Waals surface area contributed by atoms with Crippen molar-refractivity contribution >= 4 is 34.8 Å². The summed E-state index contributed by atoms with van der Waals surface area (Å²) in [6.07, 6.45) is 0. The zero-order valence-corrected chi connectivity index (χ0v) is 14.2. The summed E-state index contributed by atoms with van der Waals surface area (Å²) in [5.74, 6) is -1.54. The first-order chi connectivity index (χ1) is 12.8. The fourth-order valence-electron chi connectivity index (χ4n) is 2.00. The Hall–Kier alpha value is -3.27. The van der Waals surface area contributed by atoms with E-state index >= 15 is 0 Å². The van der Waals surface area contributed by atoms with E-state index in [2.05, 4.69) is 15.4 Å². The van der Waals surface area contributed by atoms with Gasteiger partial charge in [-0.05, 0) is 24.3 Å². The third kappa shape index (κ3) is 5.89. The fraction of sp³-hybridized carbons (Fsp3) is 0.125. The third-order valence-electron chi connectivity index (χ3n) is 3.16. The topological polar surface area (TPSA) is 111 Å². The lowest BCUT2D eigenvalue weighted by molar-refractivity contribution is -0.384. The molecule has 2 rings (SSSR count). The van der Waals surface area contributed by atoms with Crippen LogP contribution in [0.5, 0.6) is 5.75 Å². The summed E-state index contributed by atoms with van der Waals surface area (Å²) in [6.45, 7) is -3.46. The molecule has 0 fully saturated rings. The van der Waals surface area contributed by atoms with Crippen LogP contribution in [0, 0.1) is 10.1 Å². The van der Waals surface area contributed by atoms with E-state index in [0.29, 0.717) is 0 Å². The monoisotopic (exact) mass is 399 g/mol. The lowest BCUT2D eigenvalue weighted by atomic mass is 10.2. The number of anilines is 1. The van der Waals surface area contributed by atoms with Crippen LogP contribution < -0.4 is 15.4 Å². The first-order valence-electron chi connectivity index (χ1n) is 7.33. The number of nitro groups is 1. The van der Waals surface area contributed by atoms with Crippen molar-refractivity contribution in [2.24, 2.45) is 0 Å². The Kier molecular flexibility index (Phi) is 6.61. The van der Waals surface area contributed by atoms with Crippen molar-refractivity contribution in [2.75, 3.05) is 11.9 Å². The minimum atomic E-state index is -3.04. The predicted octanol–water partition coefficient (Wildman–Crippen LogP) is 3.22. The number of alkyl halides is 2. The van der Waals surface area contributed by atoms with Gasteiger partial charge in [0.2, 0.25) is 5.91 Å². The first kappa shape index (κ1) is 20.0. The largest absolute Gasteiger partial charge is 0.433 e. The Labute approximate surface area is 156 Å². The van der Waals surface area contributed by atoms with E-state index < -0.39 is 29.9 Å². The van der Waals surface area contributed by atoms with Crippen LogP contribution in [0.2, 0.25) is 5.02 Å². The molecule has 0 radical (unpaired) electrons. The maximum absolute atomic E-state index is 12.2. The number of nitrogens with one attached hydrogen (secondary N) is 2. The van der Waals surface area contributed by atoms with E-state index in [1.165, 1.54) is 30.3 Å². The van der Waals surface area contributed by atoms with Crippen molar-refractivity contribution in [2.45, 2.75) is 6.61 Å². The van der Waals surface area contributed by atoms with Crippen LogP contribution in [0.3, 0.4) is 0 Å². The van der Waals surface area contributed by atoms with Gasteiger partial charge in [0.1, 0.15) is 5.75 Å². The van der Waals surface area contributed by atoms with E-state index in [4.69, 9.17) is 11.6 Å². The van der Waals surface area contributed by atoms with E-state index in [0.717, 1.165) is 12.1 Å². The van der Waals surface area contributed by atoms with Crippen LogP contribution >= 0.6 is 11.6 Å². The molecule has 2 amide bonds. The zero-order chi connectivity index (χ0) is 20.0. The van der Waals surface area contributed by atoms with Gasteiger partial charge in [0, 0.05) is 23.4 Å². The number of nitro benzene ring substituents is 1. The van der Waals surface area contributed by atoms with Crippen LogP contribution in [0.4, 0.5) is 20.2 Å². The number of rotatable bonds is 7. The van der Waals surface area contributed by atoms with Gasteiger partial charge in [-0.1, -0.05) is 17.7 Å². The molecule has 0 aromatic heterocycles. The van der Waals surface area contributed by atoms with Gasteiger partial charge in [0.25, 0.3) is 11.6 Å². The maximum Gasteiger partial charge on any atom is 0.387 e. The van der Waals surface area contributed by atoms with Crippen LogP contribution in [-0.2, 0) is 4.79 Å². The number of halogens is 3. The van der Waals surface area contributed by atoms with E-state index in [1.807, 2.05) is 0 Å². The van der Waals surface area contributed by atoms with Crippen LogP contribution in [-0.4, -0.2) is 29.9 Å². The molecule has 8 nitrogen and oxygen atoms in total. The number of hydrogen-bond donors (Lipinski definition) is 2. The lowest BCUT2D eigenvalue weighted by Gasteiger charge is -2.10. The molecule has 2 aromatic carbocycles. The fourth-order valence-corrected chi connectivity index (χ4v) is 2.22. The minimum Gasteiger partial charge on any atom is -0.433 e. The normalized spacial score (nSPS) is 10.4. The van der Waals surface area contributed by atoms with Crippen molar-refractivity contribution < 1.29 is 28.0 Å². The van der Waals surface area contributed by atoms with Crippen molar-refractivity contribution in [3.63, 3.8) is 0 Å². The van der Waals surface area contributed by atoms with Crippen molar-refractivity contribution in [3.05, 3.63) is 63.2 Å². The molecule has 2 N–H and O–H groups in total. The minimum absolute atomic E-state index is 0.0218. The van der Waals surface area contributed by atoms with Crippen LogP contribution in [0.15, 0.2) is 42.5 Å². The van der Waals surface area contributed by atoms with E-state index in [9.17, 15) is 28.5 Å². The Morgan fingerprint density at radius 1 is 1.22 bits per heavy atom. The average molecular weight is 400 g/mol. The Morgan fingerprint density at radius 3 is 2.59 bits per heavy atom. The van der Waals surface area contributed by atoms with Gasteiger partial charge >= 0.3 is 6.61 Å². The highest BCUT2D eigenvalue weighted by Gasteiger charge is 2.13. The number of benzene rings is 2. The molecule has 0 heterocycles. The summed E-state index contributed by atoms with van der Waals surface area (Å²) < 4.78 is 28.5. The Morgan fingerprint density at radius 2 is 1.96 bits per heavy atom. The van der Waals surface area contributed by atoms with Crippen molar-refractivity contribution in [3.8, 4) is 5.75 Å². The first-order valence-corrected chi connectivity index (χ1v) is 7.71. The molecule has 0 unspecified atom stereocenters. The summed E-state index contributed by atoms with van der Waals surface area (Å²) in [7, 11) is 0. The number of hydrogen-bond acceptors (Lipinski definition) is 5. The second-order valence-corrected chi connectivity index (χ2v) is 5.47. The summed E-state index contributed by atoms with van der Waals surface area (Å²) in [6, 6.07) is 8.68. The molecule has 11 heteroatoms. The third-order valence-corrected chi connectivity index (χ3v) is 3.46. The summed E-state index contributed by atoms with van der Waals surface area (Å²) in [4.78, 5) is 33.9. The molecule has 142 valence electrons. The summed E-state index contributed by atoms with van der Waals surface area (Å²) >= 11 is 5.77. The highest BCUT2D eigenvalue weighted by molar-refractivity contribution is 6.32. The molecule has 0 saturated carbocycles. The van der Waals surface area contributed by atoms with Gasteiger partial charge in [-0.3, -0.25) is 19.7 Å². The molecule has 27 heavy (non-hydrogen) atoms. The smallest absolute Gasteiger partial charge is 0.387 e. The number of carbonyl (C=O) groups excluding carboxylic acids is 2. The molecular formula is C16H12ClF2N3O5. The molecular weight excluding hydrogens is 388 g/mol. The standard InChI is InChI=1S/C16H12ClF2N3O5/c17-12-7-10(4-5-13(12)27-16(18)19)21-14(23)8-20-15(24)9-2-1-3-11(6-9)22(25)26/h1-7,16H,8H2,(H,20,24)(H,21,23). The van der Waals surface area contributed by atoms with E-state index in [-0.39, 0.29) is 27.7 Å². The average Bonchev–Trinajstić information content (AvgIpc) is 2.61. The molecule has 0 saturated heterocycles. The highest BCUT2D eigenvalue weighted by atomic mass is 35.5. The number of amides is 2. The van der Waals surface area contributed by atoms with Gasteiger partial charge in [-0.2, -0.15) is 8.78 Å². The summed E-state index contributed by atoms with van der Waals surface area (Å²) in [5.41, 5.74) is -0.0300. The molecule has 0 aliphatic carbocycles. The van der Waals surface area contributed by atoms with Crippen molar-refractivity contribution in [1.29, 1.82) is 0 Å². The van der Waals surface area contributed by atoms with Gasteiger partial charge in [-0.25, -0.2) is 0 Å². The second kappa shape index (κ2) is 8.90. The lowest BCUT2D eigenvalue weighted by Crippen LogP contribution is -2.32. The number of carbonyl (C=O) groups is 2. The van der Waals surface area contributed by atoms with Gasteiger partial charge in [0.15, 0.2) is 0 Å². The van der Waals surface area contributed by atoms with Gasteiger partial charge < -0.3 is 15.4 Å². The SMILES string of the molecule is O=C(CNC(=O)c1cccc([N+](=O)[O-])c1)Nc1ccc(OC(F)F)c(Cl)c1. The van der Waals surface area contributed by atoms with Crippen molar-refractivity contribution in [1.82, 2.24) is 5.32 Å². The number of ether oxygens (including phenoxy) is 1. The summed E-state index contributed by atoms with van der Waals surface area (Å²) in [5, 5.41) is 15.3. The Bertz CT molecular complexity index is 879. The number of non-ortho nitro benzene ring substituents is 1. The molecule has 0 aliphatic heterocycles. The zero-order valence-electron chi connectivity index (χ0n) is 13.4. The number of nitrogens with zero attached hydrogens (tertiary/aromatic N) is 1. The van der Waals surface area contributed by atoms with Gasteiger partial charge in [0.05, 0.1) is 16.5 Å². The predicted molar refractivity (Wildman–Crippen MR) is 92.1 cm³/mol. The molecule has 0 atom stereocenters. The molecule has 0 bridgehead atoms. The molecule has 0 spiro atoms.